The first-order chi connectivity index (χ1) is 13.4. The van der Waals surface area contributed by atoms with E-state index >= 15 is 0 Å². The zero-order valence-corrected chi connectivity index (χ0v) is 15.8. The Morgan fingerprint density at radius 3 is 2.57 bits per heavy atom. The fourth-order valence-corrected chi connectivity index (χ4v) is 3.27. The zero-order chi connectivity index (χ0) is 20.1. The number of nitrogens with one attached hydrogen (secondary N) is 1. The summed E-state index contributed by atoms with van der Waals surface area (Å²) in [6.45, 7) is 4.50. The average molecular weight is 387 g/mol. The first-order valence-electron chi connectivity index (χ1n) is 9.25. The van der Waals surface area contributed by atoms with E-state index < -0.39 is 11.6 Å². The maximum absolute atomic E-state index is 13.3. The van der Waals surface area contributed by atoms with Crippen LogP contribution in [-0.4, -0.2) is 54.3 Å². The largest absolute Gasteiger partial charge is 0.337 e. The van der Waals surface area contributed by atoms with Gasteiger partial charge in [-0.15, -0.1) is 0 Å². The second-order valence-electron chi connectivity index (χ2n) is 6.97. The molecule has 0 unspecified atom stereocenters. The van der Waals surface area contributed by atoms with E-state index in [1.54, 1.807) is 0 Å². The van der Waals surface area contributed by atoms with E-state index in [1.165, 1.54) is 6.07 Å². The normalized spacial score (nSPS) is 15.2. The summed E-state index contributed by atoms with van der Waals surface area (Å²) in [5.41, 5.74) is 1.93. The number of nitrogens with zero attached hydrogens (tertiary/aromatic N) is 2. The van der Waals surface area contributed by atoms with Gasteiger partial charge in [0.05, 0.1) is 6.54 Å². The fourth-order valence-electron chi connectivity index (χ4n) is 3.27. The quantitative estimate of drug-likeness (QED) is 0.877. The van der Waals surface area contributed by atoms with Gasteiger partial charge in [0.25, 0.3) is 5.91 Å². The molecule has 0 bridgehead atoms. The molecule has 2 amide bonds. The minimum Gasteiger partial charge on any atom is -0.337 e. The summed E-state index contributed by atoms with van der Waals surface area (Å²) in [7, 11) is 0. The van der Waals surface area contributed by atoms with Crippen molar-refractivity contribution in [2.75, 3.05) is 38.0 Å². The van der Waals surface area contributed by atoms with Gasteiger partial charge in [0, 0.05) is 43.5 Å². The molecule has 1 aliphatic rings. The minimum atomic E-state index is -1.00. The van der Waals surface area contributed by atoms with E-state index in [-0.39, 0.29) is 24.0 Å². The molecule has 2 aromatic rings. The Kier molecular flexibility index (Phi) is 6.36. The van der Waals surface area contributed by atoms with Gasteiger partial charge in [0.1, 0.15) is 0 Å². The Balaban J connectivity index is 1.54. The Labute approximate surface area is 162 Å². The average Bonchev–Trinajstić information content (AvgIpc) is 2.89. The predicted molar refractivity (Wildman–Crippen MR) is 103 cm³/mol. The molecule has 28 heavy (non-hydrogen) atoms. The van der Waals surface area contributed by atoms with Crippen molar-refractivity contribution in [3.8, 4) is 0 Å². The highest BCUT2D eigenvalue weighted by Gasteiger charge is 2.21. The lowest BCUT2D eigenvalue weighted by Crippen LogP contribution is -2.38. The second-order valence-corrected chi connectivity index (χ2v) is 6.97. The summed E-state index contributed by atoms with van der Waals surface area (Å²) < 4.78 is 26.2. The van der Waals surface area contributed by atoms with Crippen LogP contribution in [0.5, 0.6) is 0 Å². The monoisotopic (exact) mass is 387 g/mol. The molecule has 1 saturated heterocycles. The highest BCUT2D eigenvalue weighted by molar-refractivity contribution is 5.94. The molecule has 0 aliphatic carbocycles. The van der Waals surface area contributed by atoms with E-state index in [2.05, 4.69) is 5.32 Å². The Hall–Kier alpha value is -2.80. The summed E-state index contributed by atoms with van der Waals surface area (Å²) in [6.07, 6.45) is 0.760. The van der Waals surface area contributed by atoms with Gasteiger partial charge in [-0.3, -0.25) is 14.5 Å². The van der Waals surface area contributed by atoms with Crippen LogP contribution in [0.3, 0.4) is 0 Å². The van der Waals surface area contributed by atoms with Crippen LogP contribution in [0.25, 0.3) is 0 Å². The number of hydrogen-bond acceptors (Lipinski definition) is 3. The van der Waals surface area contributed by atoms with Crippen molar-refractivity contribution in [2.24, 2.45) is 0 Å². The van der Waals surface area contributed by atoms with Crippen LogP contribution >= 0.6 is 0 Å². The lowest BCUT2D eigenvalue weighted by molar-refractivity contribution is -0.117. The van der Waals surface area contributed by atoms with Crippen molar-refractivity contribution >= 4 is 17.5 Å². The highest BCUT2D eigenvalue weighted by Crippen LogP contribution is 2.14. The van der Waals surface area contributed by atoms with Crippen molar-refractivity contribution in [3.05, 3.63) is 65.2 Å². The number of aryl methyl sites for hydroxylation is 1. The maximum Gasteiger partial charge on any atom is 0.253 e. The Morgan fingerprint density at radius 2 is 1.82 bits per heavy atom. The molecule has 7 heteroatoms. The van der Waals surface area contributed by atoms with Crippen LogP contribution in [0.15, 0.2) is 42.5 Å². The summed E-state index contributed by atoms with van der Waals surface area (Å²) in [5.74, 6) is -2.26. The molecule has 0 aromatic heterocycles. The smallest absolute Gasteiger partial charge is 0.253 e. The van der Waals surface area contributed by atoms with Crippen LogP contribution in [0.4, 0.5) is 14.5 Å². The number of carbonyl (C=O) groups excluding carboxylic acids is 2. The van der Waals surface area contributed by atoms with Gasteiger partial charge in [-0.25, -0.2) is 8.78 Å². The Bertz CT molecular complexity index is 872. The molecule has 0 spiro atoms. The lowest BCUT2D eigenvalue weighted by atomic mass is 10.1. The molecular formula is C21H23F2N3O2. The van der Waals surface area contributed by atoms with Gasteiger partial charge in [-0.1, -0.05) is 17.7 Å². The molecule has 1 N–H and O–H groups in total. The molecule has 1 fully saturated rings. The van der Waals surface area contributed by atoms with Crippen molar-refractivity contribution in [3.63, 3.8) is 0 Å². The number of benzene rings is 2. The summed E-state index contributed by atoms with van der Waals surface area (Å²) in [6, 6.07) is 10.8. The van der Waals surface area contributed by atoms with Crippen molar-refractivity contribution in [1.82, 2.24) is 9.80 Å². The first-order valence-corrected chi connectivity index (χ1v) is 9.25. The van der Waals surface area contributed by atoms with Crippen molar-refractivity contribution in [2.45, 2.75) is 13.3 Å². The first kappa shape index (κ1) is 19.9. The SMILES string of the molecule is Cc1cccc(C(=O)N2CCCN(CC(=O)Nc3ccc(F)c(F)c3)CC2)c1. The van der Waals surface area contributed by atoms with E-state index in [1.807, 2.05) is 41.0 Å². The molecule has 1 heterocycles. The third-order valence-electron chi connectivity index (χ3n) is 4.71. The number of rotatable bonds is 4. The van der Waals surface area contributed by atoms with Crippen LogP contribution in [0.2, 0.25) is 0 Å². The molecule has 5 nitrogen and oxygen atoms in total. The van der Waals surface area contributed by atoms with Crippen molar-refractivity contribution in [1.29, 1.82) is 0 Å². The minimum absolute atomic E-state index is 0.00297. The van der Waals surface area contributed by atoms with Gasteiger partial charge >= 0.3 is 0 Å². The summed E-state index contributed by atoms with van der Waals surface area (Å²) in [4.78, 5) is 28.7. The number of halogens is 2. The van der Waals surface area contributed by atoms with E-state index in [0.29, 0.717) is 31.7 Å². The summed E-state index contributed by atoms with van der Waals surface area (Å²) >= 11 is 0. The van der Waals surface area contributed by atoms with Gasteiger partial charge in [-0.05, 0) is 37.6 Å². The molecule has 0 saturated carbocycles. The number of hydrogen-bond donors (Lipinski definition) is 1. The van der Waals surface area contributed by atoms with Crippen LogP contribution in [0.1, 0.15) is 22.3 Å². The predicted octanol–water partition coefficient (Wildman–Crippen LogP) is 3.06. The number of anilines is 1. The maximum atomic E-state index is 13.3. The van der Waals surface area contributed by atoms with Gasteiger partial charge in [-0.2, -0.15) is 0 Å². The second kappa shape index (κ2) is 8.93. The van der Waals surface area contributed by atoms with Crippen LogP contribution in [0, 0.1) is 18.6 Å². The van der Waals surface area contributed by atoms with Gasteiger partial charge < -0.3 is 10.2 Å². The topological polar surface area (TPSA) is 52.7 Å². The summed E-state index contributed by atoms with van der Waals surface area (Å²) in [5, 5.41) is 2.58. The molecule has 0 radical (unpaired) electrons. The van der Waals surface area contributed by atoms with Gasteiger partial charge in [0.2, 0.25) is 5.91 Å². The lowest BCUT2D eigenvalue weighted by Gasteiger charge is -2.22. The third-order valence-corrected chi connectivity index (χ3v) is 4.71. The Morgan fingerprint density at radius 1 is 1.00 bits per heavy atom. The van der Waals surface area contributed by atoms with Crippen LogP contribution < -0.4 is 5.32 Å². The molecule has 3 rings (SSSR count). The molecule has 2 aromatic carbocycles. The van der Waals surface area contributed by atoms with E-state index in [4.69, 9.17) is 0 Å². The van der Waals surface area contributed by atoms with Crippen LogP contribution in [-0.2, 0) is 4.79 Å². The highest BCUT2D eigenvalue weighted by atomic mass is 19.2. The third kappa shape index (κ3) is 5.13. The van der Waals surface area contributed by atoms with E-state index in [9.17, 15) is 18.4 Å². The molecule has 1 aliphatic heterocycles. The van der Waals surface area contributed by atoms with E-state index in [0.717, 1.165) is 24.1 Å². The zero-order valence-electron chi connectivity index (χ0n) is 15.8. The van der Waals surface area contributed by atoms with Crippen molar-refractivity contribution < 1.29 is 18.4 Å². The number of carbonyl (C=O) groups is 2. The molecular weight excluding hydrogens is 364 g/mol. The van der Waals surface area contributed by atoms with Gasteiger partial charge in [0.15, 0.2) is 11.6 Å². The molecule has 0 atom stereocenters. The number of amides is 2. The standard InChI is InChI=1S/C21H23F2N3O2/c1-15-4-2-5-16(12-15)21(28)26-9-3-8-25(10-11-26)14-20(27)24-17-6-7-18(22)19(23)13-17/h2,4-7,12-13H,3,8-11,14H2,1H3,(H,24,27). The molecule has 148 valence electrons. The fraction of sp³-hybridized carbons (Fsp3) is 0.333.